The van der Waals surface area contributed by atoms with Gasteiger partial charge < -0.3 is 5.11 Å². The number of allylic oxidation sites excluding steroid dienone is 2. The maximum absolute atomic E-state index is 10.00. The molecule has 2 unspecified atom stereocenters. The van der Waals surface area contributed by atoms with Crippen molar-refractivity contribution in [1.29, 1.82) is 0 Å². The fourth-order valence-electron chi connectivity index (χ4n) is 1.98. The zero-order valence-electron chi connectivity index (χ0n) is 11.9. The summed E-state index contributed by atoms with van der Waals surface area (Å²) in [6.07, 6.45) is 12.2. The Kier molecular flexibility index (Phi) is 7.45. The van der Waals surface area contributed by atoms with Gasteiger partial charge in [0, 0.05) is 5.25 Å². The van der Waals surface area contributed by atoms with Gasteiger partial charge in [0.25, 0.3) is 0 Å². The van der Waals surface area contributed by atoms with Crippen LogP contribution in [-0.4, -0.2) is 16.5 Å². The topological polar surface area (TPSA) is 20.2 Å². The van der Waals surface area contributed by atoms with Gasteiger partial charge in [-0.3, -0.25) is 0 Å². The zero-order valence-corrected chi connectivity index (χ0v) is 12.7. The van der Waals surface area contributed by atoms with Gasteiger partial charge in [0.2, 0.25) is 0 Å². The van der Waals surface area contributed by atoms with E-state index in [9.17, 15) is 5.11 Å². The van der Waals surface area contributed by atoms with E-state index in [0.29, 0.717) is 5.25 Å². The fourth-order valence-corrected chi connectivity index (χ4v) is 2.88. The number of hydrogen-bond acceptors (Lipinski definition) is 2. The highest BCUT2D eigenvalue weighted by Gasteiger charge is 2.13. The molecular formula is C16H26OS. The van der Waals surface area contributed by atoms with E-state index in [0.717, 1.165) is 11.1 Å². The van der Waals surface area contributed by atoms with E-state index in [4.69, 9.17) is 0 Å². The Labute approximate surface area is 116 Å². The first kappa shape index (κ1) is 15.6. The normalized spacial score (nSPS) is 23.2. The number of aliphatic hydroxyl groups excluding tert-OH is 1. The van der Waals surface area contributed by atoms with Crippen LogP contribution in [0.1, 0.15) is 52.9 Å². The molecule has 0 aliphatic heterocycles. The van der Waals surface area contributed by atoms with Crippen molar-refractivity contribution in [1.82, 2.24) is 0 Å². The van der Waals surface area contributed by atoms with Crippen LogP contribution >= 0.6 is 11.8 Å². The smallest absolute Gasteiger partial charge is 0.101 e. The molecule has 0 radical (unpaired) electrons. The van der Waals surface area contributed by atoms with Gasteiger partial charge in [-0.25, -0.2) is 0 Å². The molecule has 0 bridgehead atoms. The molecule has 1 nitrogen and oxygen atoms in total. The summed E-state index contributed by atoms with van der Waals surface area (Å²) in [6, 6.07) is 0. The van der Waals surface area contributed by atoms with Gasteiger partial charge in [0.1, 0.15) is 6.10 Å². The van der Waals surface area contributed by atoms with E-state index in [-0.39, 0.29) is 0 Å². The van der Waals surface area contributed by atoms with E-state index in [1.165, 1.54) is 32.1 Å². The molecule has 102 valence electrons. The summed E-state index contributed by atoms with van der Waals surface area (Å²) in [7, 11) is 0. The molecule has 1 aliphatic rings. The van der Waals surface area contributed by atoms with Crippen LogP contribution in [0, 0.1) is 0 Å². The highest BCUT2D eigenvalue weighted by atomic mass is 32.2. The molecule has 0 heterocycles. The van der Waals surface area contributed by atoms with Crippen molar-refractivity contribution >= 4 is 11.8 Å². The number of aliphatic hydroxyl groups is 1. The predicted molar refractivity (Wildman–Crippen MR) is 82.8 cm³/mol. The molecular weight excluding hydrogens is 240 g/mol. The summed E-state index contributed by atoms with van der Waals surface area (Å²) in [6.45, 7) is 6.49. The van der Waals surface area contributed by atoms with E-state index in [1.807, 2.05) is 36.9 Å². The Hall–Kier alpha value is -0.470. The molecule has 0 aromatic carbocycles. The highest BCUT2D eigenvalue weighted by Crippen LogP contribution is 2.25. The lowest BCUT2D eigenvalue weighted by atomic mass is 9.99. The van der Waals surface area contributed by atoms with E-state index >= 15 is 0 Å². The van der Waals surface area contributed by atoms with Gasteiger partial charge in [-0.05, 0) is 29.9 Å². The summed E-state index contributed by atoms with van der Waals surface area (Å²) in [5.41, 5.74) is 2.06. The second kappa shape index (κ2) is 8.60. The number of rotatable bonds is 7. The maximum Gasteiger partial charge on any atom is 0.101 e. The molecule has 0 saturated heterocycles. The van der Waals surface area contributed by atoms with Crippen molar-refractivity contribution in [3.05, 3.63) is 34.8 Å². The van der Waals surface area contributed by atoms with Crippen molar-refractivity contribution in [2.24, 2.45) is 0 Å². The molecule has 2 heteroatoms. The van der Waals surface area contributed by atoms with Crippen molar-refractivity contribution in [2.75, 3.05) is 0 Å². The second-order valence-corrected chi connectivity index (χ2v) is 6.40. The third-order valence-electron chi connectivity index (χ3n) is 3.30. The third-order valence-corrected chi connectivity index (χ3v) is 4.40. The Balaban J connectivity index is 2.31. The van der Waals surface area contributed by atoms with Crippen LogP contribution < -0.4 is 0 Å². The van der Waals surface area contributed by atoms with E-state index in [2.05, 4.69) is 19.3 Å². The third kappa shape index (κ3) is 5.45. The number of unbranched alkanes of at least 4 members (excludes halogenated alkanes) is 3. The molecule has 0 aromatic rings. The van der Waals surface area contributed by atoms with Crippen LogP contribution in [0.25, 0.3) is 0 Å². The van der Waals surface area contributed by atoms with Crippen LogP contribution in [0.3, 0.4) is 0 Å². The Morgan fingerprint density at radius 3 is 2.89 bits per heavy atom. The highest BCUT2D eigenvalue weighted by molar-refractivity contribution is 8.02. The van der Waals surface area contributed by atoms with Gasteiger partial charge in [-0.15, -0.1) is 11.8 Å². The van der Waals surface area contributed by atoms with Gasteiger partial charge in [0.05, 0.1) is 0 Å². The summed E-state index contributed by atoms with van der Waals surface area (Å²) < 4.78 is 0. The average Bonchev–Trinajstić information content (AvgIpc) is 2.36. The molecule has 0 spiro atoms. The molecule has 1 aliphatic carbocycles. The standard InChI is InChI=1S/C16H26OS/c1-4-5-6-7-10-14(3)18-12-15-11-8-9-13(2)16(15)17/h8-9,11-12,14,16-17H,4-7,10H2,1-3H3. The fraction of sp³-hybridized carbons (Fsp3) is 0.625. The molecule has 18 heavy (non-hydrogen) atoms. The molecule has 2 atom stereocenters. The molecule has 0 aromatic heterocycles. The van der Waals surface area contributed by atoms with Crippen molar-refractivity contribution in [2.45, 2.75) is 64.2 Å². The lowest BCUT2D eigenvalue weighted by molar-refractivity contribution is 0.250. The van der Waals surface area contributed by atoms with Crippen LogP contribution in [0.2, 0.25) is 0 Å². The van der Waals surface area contributed by atoms with Gasteiger partial charge in [-0.1, -0.05) is 57.8 Å². The SMILES string of the molecule is CCCCCCC(C)SC=C1C=CC=C(C)C1O. The van der Waals surface area contributed by atoms with Crippen molar-refractivity contribution < 1.29 is 5.11 Å². The minimum atomic E-state index is -0.408. The van der Waals surface area contributed by atoms with Crippen molar-refractivity contribution in [3.63, 3.8) is 0 Å². The summed E-state index contributed by atoms with van der Waals surface area (Å²) in [4.78, 5) is 0. The zero-order chi connectivity index (χ0) is 13.4. The van der Waals surface area contributed by atoms with Gasteiger partial charge in [0.15, 0.2) is 0 Å². The Bertz CT molecular complexity index is 328. The first-order chi connectivity index (χ1) is 8.65. The minimum absolute atomic E-state index is 0.408. The molecule has 1 N–H and O–H groups in total. The molecule has 0 saturated carbocycles. The van der Waals surface area contributed by atoms with E-state index < -0.39 is 6.10 Å². The van der Waals surface area contributed by atoms with Crippen molar-refractivity contribution in [3.8, 4) is 0 Å². The Morgan fingerprint density at radius 2 is 2.17 bits per heavy atom. The van der Waals surface area contributed by atoms with E-state index in [1.54, 1.807) is 0 Å². The number of hydrogen-bond donors (Lipinski definition) is 1. The predicted octanol–water partition coefficient (Wildman–Crippen LogP) is 4.84. The quantitative estimate of drug-likeness (QED) is 0.665. The molecule has 1 rings (SSSR count). The van der Waals surface area contributed by atoms with Crippen LogP contribution in [0.15, 0.2) is 34.8 Å². The van der Waals surface area contributed by atoms with Crippen LogP contribution in [-0.2, 0) is 0 Å². The monoisotopic (exact) mass is 266 g/mol. The number of thioether (sulfide) groups is 1. The van der Waals surface area contributed by atoms with Crippen LogP contribution in [0.4, 0.5) is 0 Å². The van der Waals surface area contributed by atoms with Gasteiger partial charge >= 0.3 is 0 Å². The summed E-state index contributed by atoms with van der Waals surface area (Å²) in [5.74, 6) is 0. The lowest BCUT2D eigenvalue weighted by Gasteiger charge is -2.17. The minimum Gasteiger partial charge on any atom is -0.384 e. The largest absolute Gasteiger partial charge is 0.384 e. The molecule has 0 amide bonds. The van der Waals surface area contributed by atoms with Gasteiger partial charge in [-0.2, -0.15) is 0 Å². The molecule has 0 fully saturated rings. The maximum atomic E-state index is 10.00. The average molecular weight is 266 g/mol. The Morgan fingerprint density at radius 1 is 1.39 bits per heavy atom. The second-order valence-electron chi connectivity index (χ2n) is 5.09. The first-order valence-electron chi connectivity index (χ1n) is 7.03. The van der Waals surface area contributed by atoms with Crippen LogP contribution in [0.5, 0.6) is 0 Å². The summed E-state index contributed by atoms with van der Waals surface area (Å²) in [5, 5.41) is 12.8. The first-order valence-corrected chi connectivity index (χ1v) is 7.98. The lowest BCUT2D eigenvalue weighted by Crippen LogP contribution is -2.12. The summed E-state index contributed by atoms with van der Waals surface area (Å²) >= 11 is 1.85.